The Morgan fingerprint density at radius 3 is 2.95 bits per heavy atom. The zero-order valence-corrected chi connectivity index (χ0v) is 12.2. The van der Waals surface area contributed by atoms with Gasteiger partial charge >= 0.3 is 0 Å². The van der Waals surface area contributed by atoms with Crippen molar-refractivity contribution in [2.24, 2.45) is 5.73 Å². The molecule has 0 spiro atoms. The highest BCUT2D eigenvalue weighted by molar-refractivity contribution is 5.76. The fourth-order valence-corrected chi connectivity index (χ4v) is 3.38. The summed E-state index contributed by atoms with van der Waals surface area (Å²) in [6.07, 6.45) is 3.77. The van der Waals surface area contributed by atoms with Gasteiger partial charge in [0.2, 0.25) is 0 Å². The van der Waals surface area contributed by atoms with E-state index in [0.717, 1.165) is 24.4 Å². The Labute approximate surface area is 120 Å². The summed E-state index contributed by atoms with van der Waals surface area (Å²) in [7, 11) is 0. The predicted molar refractivity (Wildman–Crippen MR) is 82.8 cm³/mol. The second-order valence-electron chi connectivity index (χ2n) is 5.60. The van der Waals surface area contributed by atoms with Gasteiger partial charge in [0.25, 0.3) is 0 Å². The maximum Gasteiger partial charge on any atom is 0.115 e. The quantitative estimate of drug-likeness (QED) is 0.897. The van der Waals surface area contributed by atoms with Crippen LogP contribution in [0.3, 0.4) is 0 Å². The second kappa shape index (κ2) is 5.94. The number of aromatic nitrogens is 2. The van der Waals surface area contributed by atoms with Crippen molar-refractivity contribution in [2.45, 2.75) is 44.7 Å². The molecular formula is C16H24N4. The van der Waals surface area contributed by atoms with Crippen LogP contribution in [0.4, 0.5) is 0 Å². The van der Waals surface area contributed by atoms with Crippen LogP contribution < -0.4 is 11.1 Å². The first-order valence-corrected chi connectivity index (χ1v) is 7.73. The Balaban J connectivity index is 2.01. The molecule has 0 amide bonds. The van der Waals surface area contributed by atoms with Crippen LogP contribution in [-0.4, -0.2) is 28.7 Å². The highest BCUT2D eigenvalue weighted by atomic mass is 15.1. The van der Waals surface area contributed by atoms with E-state index in [0.29, 0.717) is 18.5 Å². The van der Waals surface area contributed by atoms with Gasteiger partial charge in [-0.05, 0) is 38.4 Å². The molecule has 0 aliphatic carbocycles. The van der Waals surface area contributed by atoms with Crippen LogP contribution >= 0.6 is 0 Å². The molecule has 3 rings (SSSR count). The minimum absolute atomic E-state index is 0.308. The molecule has 20 heavy (non-hydrogen) atoms. The summed E-state index contributed by atoms with van der Waals surface area (Å²) >= 11 is 0. The molecular weight excluding hydrogens is 248 g/mol. The average Bonchev–Trinajstić information content (AvgIpc) is 2.87. The number of nitrogens with zero attached hydrogens (tertiary/aromatic N) is 2. The van der Waals surface area contributed by atoms with Crippen LogP contribution in [-0.2, 0) is 6.54 Å². The molecule has 1 fully saturated rings. The molecule has 2 aromatic rings. The topological polar surface area (TPSA) is 55.9 Å². The molecule has 2 atom stereocenters. The largest absolute Gasteiger partial charge is 0.330 e. The van der Waals surface area contributed by atoms with E-state index < -0.39 is 0 Å². The molecule has 2 unspecified atom stereocenters. The number of nitrogens with two attached hydrogens (primary N) is 1. The SMILES string of the molecule is CCn1c(C(CN)C2CCCCN2)nc2ccccc21. The molecule has 0 bridgehead atoms. The first kappa shape index (κ1) is 13.6. The lowest BCUT2D eigenvalue weighted by Gasteiger charge is -2.30. The first-order valence-electron chi connectivity index (χ1n) is 7.73. The molecule has 4 nitrogen and oxygen atoms in total. The van der Waals surface area contributed by atoms with Crippen LogP contribution in [0.25, 0.3) is 11.0 Å². The second-order valence-corrected chi connectivity index (χ2v) is 5.60. The molecule has 2 heterocycles. The Hall–Kier alpha value is -1.39. The Morgan fingerprint density at radius 2 is 2.25 bits per heavy atom. The number of nitrogens with one attached hydrogen (secondary N) is 1. The fourth-order valence-electron chi connectivity index (χ4n) is 3.38. The Morgan fingerprint density at radius 1 is 1.40 bits per heavy atom. The lowest BCUT2D eigenvalue weighted by atomic mass is 9.91. The summed E-state index contributed by atoms with van der Waals surface area (Å²) in [6, 6.07) is 8.84. The number of hydrogen-bond donors (Lipinski definition) is 2. The molecule has 0 radical (unpaired) electrons. The predicted octanol–water partition coefficient (Wildman–Crippen LogP) is 2.24. The smallest absolute Gasteiger partial charge is 0.115 e. The third kappa shape index (κ3) is 2.34. The van der Waals surface area contributed by atoms with Gasteiger partial charge in [-0.25, -0.2) is 4.98 Å². The lowest BCUT2D eigenvalue weighted by molar-refractivity contribution is 0.340. The number of benzene rings is 1. The van der Waals surface area contributed by atoms with Crippen molar-refractivity contribution in [3.8, 4) is 0 Å². The Bertz CT molecular complexity index is 569. The zero-order chi connectivity index (χ0) is 13.9. The Kier molecular flexibility index (Phi) is 4.03. The van der Waals surface area contributed by atoms with Gasteiger partial charge in [0.1, 0.15) is 5.82 Å². The van der Waals surface area contributed by atoms with E-state index in [1.807, 2.05) is 0 Å². The minimum Gasteiger partial charge on any atom is -0.330 e. The average molecular weight is 272 g/mol. The van der Waals surface area contributed by atoms with Gasteiger partial charge in [-0.1, -0.05) is 18.6 Å². The van der Waals surface area contributed by atoms with Gasteiger partial charge < -0.3 is 15.6 Å². The maximum absolute atomic E-state index is 6.09. The van der Waals surface area contributed by atoms with Crippen LogP contribution in [0.5, 0.6) is 0 Å². The van der Waals surface area contributed by atoms with Crippen molar-refractivity contribution in [1.82, 2.24) is 14.9 Å². The summed E-state index contributed by atoms with van der Waals surface area (Å²) in [5.74, 6) is 1.46. The normalized spacial score (nSPS) is 21.2. The van der Waals surface area contributed by atoms with Crippen LogP contribution in [0.15, 0.2) is 24.3 Å². The first-order chi connectivity index (χ1) is 9.85. The molecule has 1 aromatic heterocycles. The van der Waals surface area contributed by atoms with Crippen molar-refractivity contribution >= 4 is 11.0 Å². The fraction of sp³-hybridized carbons (Fsp3) is 0.562. The summed E-state index contributed by atoms with van der Waals surface area (Å²) in [4.78, 5) is 4.87. The van der Waals surface area contributed by atoms with Gasteiger partial charge in [-0.2, -0.15) is 0 Å². The third-order valence-electron chi connectivity index (χ3n) is 4.42. The van der Waals surface area contributed by atoms with Gasteiger partial charge in [0, 0.05) is 25.0 Å². The van der Waals surface area contributed by atoms with Crippen LogP contribution in [0.1, 0.15) is 37.9 Å². The highest BCUT2D eigenvalue weighted by Gasteiger charge is 2.27. The molecule has 1 aliphatic heterocycles. The number of hydrogen-bond acceptors (Lipinski definition) is 3. The minimum atomic E-state index is 0.308. The zero-order valence-electron chi connectivity index (χ0n) is 12.2. The van der Waals surface area contributed by atoms with Gasteiger partial charge in [-0.15, -0.1) is 0 Å². The van der Waals surface area contributed by atoms with Crippen molar-refractivity contribution in [1.29, 1.82) is 0 Å². The maximum atomic E-state index is 6.09. The van der Waals surface area contributed by atoms with Gasteiger partial charge in [-0.3, -0.25) is 0 Å². The summed E-state index contributed by atoms with van der Waals surface area (Å²) in [5, 5.41) is 3.63. The van der Waals surface area contributed by atoms with Crippen molar-refractivity contribution in [3.05, 3.63) is 30.1 Å². The van der Waals surface area contributed by atoms with Crippen molar-refractivity contribution < 1.29 is 0 Å². The summed E-state index contributed by atoms with van der Waals surface area (Å²) < 4.78 is 2.32. The standard InChI is InChI=1S/C16H24N4/c1-2-20-15-9-4-3-8-14(15)19-16(20)12(11-17)13-7-5-6-10-18-13/h3-4,8-9,12-13,18H,2,5-7,10-11,17H2,1H3. The number of fused-ring (bicyclic) bond motifs is 1. The molecule has 1 aliphatic rings. The number of aryl methyl sites for hydroxylation is 1. The monoisotopic (exact) mass is 272 g/mol. The number of rotatable bonds is 4. The van der Waals surface area contributed by atoms with E-state index in [4.69, 9.17) is 10.7 Å². The highest BCUT2D eigenvalue weighted by Crippen LogP contribution is 2.27. The van der Waals surface area contributed by atoms with E-state index in [9.17, 15) is 0 Å². The number of piperidine rings is 1. The molecule has 1 saturated heterocycles. The summed E-state index contributed by atoms with van der Waals surface area (Å²) in [5.41, 5.74) is 8.39. The van der Waals surface area contributed by atoms with E-state index in [2.05, 4.69) is 41.1 Å². The molecule has 0 saturated carbocycles. The summed E-state index contributed by atoms with van der Waals surface area (Å²) in [6.45, 7) is 4.88. The van der Waals surface area contributed by atoms with E-state index >= 15 is 0 Å². The van der Waals surface area contributed by atoms with E-state index in [1.165, 1.54) is 24.8 Å². The van der Waals surface area contributed by atoms with Gasteiger partial charge in [0.15, 0.2) is 0 Å². The van der Waals surface area contributed by atoms with E-state index in [1.54, 1.807) is 0 Å². The van der Waals surface area contributed by atoms with Crippen molar-refractivity contribution in [2.75, 3.05) is 13.1 Å². The molecule has 1 aromatic carbocycles. The van der Waals surface area contributed by atoms with Crippen molar-refractivity contribution in [3.63, 3.8) is 0 Å². The molecule has 4 heteroatoms. The van der Waals surface area contributed by atoms with E-state index in [-0.39, 0.29) is 0 Å². The lowest BCUT2D eigenvalue weighted by Crippen LogP contribution is -2.42. The number of para-hydroxylation sites is 2. The number of imidazole rings is 1. The molecule has 108 valence electrons. The third-order valence-corrected chi connectivity index (χ3v) is 4.42. The van der Waals surface area contributed by atoms with Gasteiger partial charge in [0.05, 0.1) is 11.0 Å². The molecule has 3 N–H and O–H groups in total. The van der Waals surface area contributed by atoms with Crippen LogP contribution in [0, 0.1) is 0 Å². The van der Waals surface area contributed by atoms with Crippen LogP contribution in [0.2, 0.25) is 0 Å².